The Bertz CT molecular complexity index is 568. The summed E-state index contributed by atoms with van der Waals surface area (Å²) in [6.07, 6.45) is 0. The first-order valence-electron chi connectivity index (χ1n) is 6.61. The fourth-order valence-electron chi connectivity index (χ4n) is 2.41. The zero-order valence-electron chi connectivity index (χ0n) is 12.0. The summed E-state index contributed by atoms with van der Waals surface area (Å²) in [6, 6.07) is 10.6. The van der Waals surface area contributed by atoms with E-state index < -0.39 is 0 Å². The molecule has 0 aliphatic rings. The molecule has 2 unspecified atom stereocenters. The first-order chi connectivity index (χ1) is 9.47. The van der Waals surface area contributed by atoms with E-state index in [2.05, 4.69) is 58.0 Å². The molecular formula is C15H20BrN3S. The Hall–Kier alpha value is -0.750. The number of halogens is 1. The summed E-state index contributed by atoms with van der Waals surface area (Å²) in [5.41, 5.74) is 8.32. The molecule has 5 heteroatoms. The summed E-state index contributed by atoms with van der Waals surface area (Å²) in [5, 5.41) is 0. The molecule has 2 aromatic rings. The van der Waals surface area contributed by atoms with Gasteiger partial charge in [0.1, 0.15) is 0 Å². The van der Waals surface area contributed by atoms with E-state index >= 15 is 0 Å². The highest BCUT2D eigenvalue weighted by Gasteiger charge is 2.23. The van der Waals surface area contributed by atoms with Crippen molar-refractivity contribution >= 4 is 27.3 Å². The largest absolute Gasteiger partial charge is 0.326 e. The minimum atomic E-state index is 0.0651. The number of nitrogens with zero attached hydrogens (tertiary/aromatic N) is 2. The van der Waals surface area contributed by atoms with Crippen LogP contribution >= 0.6 is 27.3 Å². The van der Waals surface area contributed by atoms with Gasteiger partial charge in [0.05, 0.1) is 15.5 Å². The SMILES string of the molecule is Cc1cccc(CN(C)C(c2ccc(Br)s2)C(C)N)n1. The van der Waals surface area contributed by atoms with Gasteiger partial charge in [-0.25, -0.2) is 0 Å². The van der Waals surface area contributed by atoms with Crippen LogP contribution < -0.4 is 5.73 Å². The smallest absolute Gasteiger partial charge is 0.0702 e. The first kappa shape index (κ1) is 15.6. The Morgan fingerprint density at radius 3 is 2.65 bits per heavy atom. The molecular weight excluding hydrogens is 334 g/mol. The predicted molar refractivity (Wildman–Crippen MR) is 88.9 cm³/mol. The average molecular weight is 354 g/mol. The number of likely N-dealkylation sites (N-methyl/N-ethyl adjacent to an activating group) is 1. The fourth-order valence-corrected chi connectivity index (χ4v) is 4.11. The minimum Gasteiger partial charge on any atom is -0.326 e. The van der Waals surface area contributed by atoms with Gasteiger partial charge in [0.2, 0.25) is 0 Å². The summed E-state index contributed by atoms with van der Waals surface area (Å²) in [5.74, 6) is 0. The Labute approximate surface area is 133 Å². The second-order valence-corrected chi connectivity index (χ2v) is 7.63. The Morgan fingerprint density at radius 1 is 1.35 bits per heavy atom. The van der Waals surface area contributed by atoms with Crippen molar-refractivity contribution in [3.8, 4) is 0 Å². The number of hydrogen-bond acceptors (Lipinski definition) is 4. The highest BCUT2D eigenvalue weighted by Crippen LogP contribution is 2.32. The van der Waals surface area contributed by atoms with Crippen molar-refractivity contribution in [2.45, 2.75) is 32.5 Å². The maximum absolute atomic E-state index is 6.19. The summed E-state index contributed by atoms with van der Waals surface area (Å²) in [7, 11) is 2.10. The second-order valence-electron chi connectivity index (χ2n) is 5.13. The van der Waals surface area contributed by atoms with Gasteiger partial charge in [-0.3, -0.25) is 9.88 Å². The van der Waals surface area contributed by atoms with Gasteiger partial charge < -0.3 is 5.73 Å². The molecule has 2 aromatic heterocycles. The molecule has 0 spiro atoms. The number of aromatic nitrogens is 1. The van der Waals surface area contributed by atoms with Gasteiger partial charge in [-0.1, -0.05) is 6.07 Å². The van der Waals surface area contributed by atoms with Crippen LogP contribution in [0.15, 0.2) is 34.1 Å². The van der Waals surface area contributed by atoms with E-state index in [1.807, 2.05) is 19.1 Å². The molecule has 0 bridgehead atoms. The fraction of sp³-hybridized carbons (Fsp3) is 0.400. The average Bonchev–Trinajstić information content (AvgIpc) is 2.75. The molecule has 0 aromatic carbocycles. The van der Waals surface area contributed by atoms with E-state index in [-0.39, 0.29) is 12.1 Å². The van der Waals surface area contributed by atoms with E-state index in [1.54, 1.807) is 11.3 Å². The van der Waals surface area contributed by atoms with Gasteiger partial charge in [0, 0.05) is 23.2 Å². The molecule has 0 fully saturated rings. The van der Waals surface area contributed by atoms with Gasteiger partial charge in [0.15, 0.2) is 0 Å². The van der Waals surface area contributed by atoms with E-state index in [0.717, 1.165) is 21.7 Å². The lowest BCUT2D eigenvalue weighted by molar-refractivity contribution is 0.212. The van der Waals surface area contributed by atoms with E-state index in [9.17, 15) is 0 Å². The van der Waals surface area contributed by atoms with Crippen LogP contribution in [-0.2, 0) is 6.54 Å². The van der Waals surface area contributed by atoms with Gasteiger partial charge >= 0.3 is 0 Å². The molecule has 2 rings (SSSR count). The van der Waals surface area contributed by atoms with E-state index in [1.165, 1.54) is 4.88 Å². The van der Waals surface area contributed by atoms with Crippen LogP contribution in [0.5, 0.6) is 0 Å². The Morgan fingerprint density at radius 2 is 2.10 bits per heavy atom. The number of thiophene rings is 1. The topological polar surface area (TPSA) is 42.1 Å². The van der Waals surface area contributed by atoms with E-state index in [4.69, 9.17) is 5.73 Å². The van der Waals surface area contributed by atoms with Crippen LogP contribution in [0.3, 0.4) is 0 Å². The van der Waals surface area contributed by atoms with Crippen LogP contribution in [0.25, 0.3) is 0 Å². The summed E-state index contributed by atoms with van der Waals surface area (Å²) in [6.45, 7) is 4.87. The Balaban J connectivity index is 2.17. The van der Waals surface area contributed by atoms with Crippen molar-refractivity contribution in [2.75, 3.05) is 7.05 Å². The van der Waals surface area contributed by atoms with Gasteiger partial charge in [0.25, 0.3) is 0 Å². The lowest BCUT2D eigenvalue weighted by Gasteiger charge is -2.30. The summed E-state index contributed by atoms with van der Waals surface area (Å²) >= 11 is 5.26. The molecule has 3 nitrogen and oxygen atoms in total. The molecule has 20 heavy (non-hydrogen) atoms. The molecule has 2 atom stereocenters. The van der Waals surface area contributed by atoms with Crippen LogP contribution in [0, 0.1) is 6.92 Å². The Kier molecular flexibility index (Phi) is 5.32. The van der Waals surface area contributed by atoms with Crippen molar-refractivity contribution in [3.63, 3.8) is 0 Å². The third-order valence-corrected chi connectivity index (χ3v) is 4.91. The molecule has 0 aliphatic carbocycles. The highest BCUT2D eigenvalue weighted by molar-refractivity contribution is 9.11. The van der Waals surface area contributed by atoms with Crippen LogP contribution in [-0.4, -0.2) is 23.0 Å². The number of aryl methyl sites for hydroxylation is 1. The monoisotopic (exact) mass is 353 g/mol. The lowest BCUT2D eigenvalue weighted by atomic mass is 10.1. The quantitative estimate of drug-likeness (QED) is 0.890. The number of hydrogen-bond donors (Lipinski definition) is 1. The molecule has 0 aliphatic heterocycles. The van der Waals surface area contributed by atoms with Crippen LogP contribution in [0.2, 0.25) is 0 Å². The molecule has 2 N–H and O–H groups in total. The molecule has 108 valence electrons. The maximum Gasteiger partial charge on any atom is 0.0702 e. The number of pyridine rings is 1. The van der Waals surface area contributed by atoms with Crippen molar-refractivity contribution in [2.24, 2.45) is 5.73 Å². The standard InChI is InChI=1S/C15H20BrN3S/c1-10-5-4-6-12(18-10)9-19(3)15(11(2)17)13-7-8-14(16)20-13/h4-8,11,15H,9,17H2,1-3H3. The highest BCUT2D eigenvalue weighted by atomic mass is 79.9. The van der Waals surface area contributed by atoms with Crippen molar-refractivity contribution < 1.29 is 0 Å². The number of rotatable bonds is 5. The van der Waals surface area contributed by atoms with Crippen molar-refractivity contribution in [3.05, 3.63) is 50.4 Å². The third kappa shape index (κ3) is 3.88. The zero-order chi connectivity index (χ0) is 14.7. The third-order valence-electron chi connectivity index (χ3n) is 3.22. The van der Waals surface area contributed by atoms with Crippen LogP contribution in [0.4, 0.5) is 0 Å². The van der Waals surface area contributed by atoms with Crippen LogP contribution in [0.1, 0.15) is 29.2 Å². The first-order valence-corrected chi connectivity index (χ1v) is 8.22. The second kappa shape index (κ2) is 6.80. The van der Waals surface area contributed by atoms with Crippen molar-refractivity contribution in [1.29, 1.82) is 0 Å². The number of nitrogens with two attached hydrogens (primary N) is 1. The molecule has 0 saturated heterocycles. The van der Waals surface area contributed by atoms with Gasteiger partial charge in [-0.05, 0) is 61.1 Å². The molecule has 0 amide bonds. The predicted octanol–water partition coefficient (Wildman–Crippen LogP) is 3.73. The summed E-state index contributed by atoms with van der Waals surface area (Å²) < 4.78 is 1.14. The normalized spacial score (nSPS) is 14.5. The molecule has 0 saturated carbocycles. The molecule has 2 heterocycles. The lowest BCUT2D eigenvalue weighted by Crippen LogP contribution is -2.36. The maximum atomic E-state index is 6.19. The zero-order valence-corrected chi connectivity index (χ0v) is 14.4. The van der Waals surface area contributed by atoms with Gasteiger partial charge in [-0.2, -0.15) is 0 Å². The summed E-state index contributed by atoms with van der Waals surface area (Å²) in [4.78, 5) is 8.11. The van der Waals surface area contributed by atoms with Gasteiger partial charge in [-0.15, -0.1) is 11.3 Å². The van der Waals surface area contributed by atoms with E-state index in [0.29, 0.717) is 0 Å². The van der Waals surface area contributed by atoms with Crippen molar-refractivity contribution in [1.82, 2.24) is 9.88 Å². The minimum absolute atomic E-state index is 0.0651. The molecule has 0 radical (unpaired) electrons.